The van der Waals surface area contributed by atoms with Gasteiger partial charge in [-0.15, -0.1) is 0 Å². The van der Waals surface area contributed by atoms with Crippen molar-refractivity contribution in [3.8, 4) is 0 Å². The average Bonchev–Trinajstić information content (AvgIpc) is 3.09. The summed E-state index contributed by atoms with van der Waals surface area (Å²) < 4.78 is 37.1. The minimum Gasteiger partial charge on any atom is -0.351 e. The Morgan fingerprint density at radius 1 is 1.35 bits per heavy atom. The van der Waals surface area contributed by atoms with Gasteiger partial charge in [0.2, 0.25) is 0 Å². The van der Waals surface area contributed by atoms with Crippen molar-refractivity contribution in [3.63, 3.8) is 0 Å². The van der Waals surface area contributed by atoms with Gasteiger partial charge >= 0.3 is 6.18 Å². The smallest absolute Gasteiger partial charge is 0.351 e. The Bertz CT molecular complexity index is 662. The lowest BCUT2D eigenvalue weighted by Crippen LogP contribution is -2.34. The van der Waals surface area contributed by atoms with Gasteiger partial charge in [-0.2, -0.15) is 13.2 Å². The number of nitrogens with zero attached hydrogens (tertiary/aromatic N) is 1. The molecule has 0 bridgehead atoms. The van der Waals surface area contributed by atoms with E-state index < -0.39 is 12.7 Å². The highest BCUT2D eigenvalue weighted by Crippen LogP contribution is 2.22. The van der Waals surface area contributed by atoms with Gasteiger partial charge in [-0.3, -0.25) is 9.69 Å². The van der Waals surface area contributed by atoms with Gasteiger partial charge in [-0.05, 0) is 31.0 Å². The van der Waals surface area contributed by atoms with Gasteiger partial charge in [0.15, 0.2) is 0 Å². The van der Waals surface area contributed by atoms with E-state index in [2.05, 4.69) is 10.3 Å². The van der Waals surface area contributed by atoms with Crippen molar-refractivity contribution in [2.45, 2.75) is 12.6 Å². The fourth-order valence-corrected chi connectivity index (χ4v) is 3.00. The Kier molecular flexibility index (Phi) is 4.30. The van der Waals surface area contributed by atoms with Gasteiger partial charge in [-0.1, -0.05) is 18.2 Å². The molecular formula is C16H18F3N3O. The number of amides is 1. The van der Waals surface area contributed by atoms with Crippen LogP contribution in [0.25, 0.3) is 10.9 Å². The molecule has 2 aromatic rings. The van der Waals surface area contributed by atoms with Crippen LogP contribution in [0.1, 0.15) is 16.9 Å². The van der Waals surface area contributed by atoms with Crippen LogP contribution >= 0.6 is 0 Å². The Hall–Kier alpha value is -2.02. The van der Waals surface area contributed by atoms with Gasteiger partial charge in [0, 0.05) is 24.0 Å². The number of aromatic nitrogens is 1. The summed E-state index contributed by atoms with van der Waals surface area (Å²) in [5, 5.41) is 3.76. The van der Waals surface area contributed by atoms with Crippen LogP contribution < -0.4 is 5.32 Å². The minimum absolute atomic E-state index is 0.0608. The van der Waals surface area contributed by atoms with Crippen LogP contribution in [0.2, 0.25) is 0 Å². The molecule has 1 amide bonds. The predicted octanol–water partition coefficient (Wildman–Crippen LogP) is 2.78. The SMILES string of the molecule is O=C(NCC1CCN(CC(F)(F)F)C1)c1cc2ccccc2[nH]1. The first kappa shape index (κ1) is 15.9. The number of H-pyrrole nitrogens is 1. The average molecular weight is 325 g/mol. The van der Waals surface area contributed by atoms with E-state index in [1.54, 1.807) is 6.07 Å². The van der Waals surface area contributed by atoms with Crippen molar-refractivity contribution in [1.29, 1.82) is 0 Å². The van der Waals surface area contributed by atoms with E-state index in [0.717, 1.165) is 10.9 Å². The number of nitrogens with one attached hydrogen (secondary N) is 2. The number of fused-ring (bicyclic) bond motifs is 1. The molecule has 3 rings (SSSR count). The van der Waals surface area contributed by atoms with E-state index in [9.17, 15) is 18.0 Å². The number of hydrogen-bond donors (Lipinski definition) is 2. The topological polar surface area (TPSA) is 48.1 Å². The molecule has 1 aliphatic rings. The Morgan fingerprint density at radius 2 is 2.13 bits per heavy atom. The molecule has 2 N–H and O–H groups in total. The van der Waals surface area contributed by atoms with Gasteiger partial charge in [-0.25, -0.2) is 0 Å². The highest BCUT2D eigenvalue weighted by molar-refractivity contribution is 5.97. The second-order valence-electron chi connectivity index (χ2n) is 5.99. The molecule has 0 radical (unpaired) electrons. The Labute approximate surface area is 131 Å². The number of carbonyl (C=O) groups excluding carboxylic acids is 1. The standard InChI is InChI=1S/C16H18F3N3O/c17-16(18,19)10-22-6-5-11(9-22)8-20-15(23)14-7-12-3-1-2-4-13(12)21-14/h1-4,7,11,21H,5-6,8-10H2,(H,20,23). The summed E-state index contributed by atoms with van der Waals surface area (Å²) in [5.41, 5.74) is 1.35. The number of aromatic amines is 1. The summed E-state index contributed by atoms with van der Waals surface area (Å²) in [4.78, 5) is 16.6. The van der Waals surface area contributed by atoms with Crippen LogP contribution in [0, 0.1) is 5.92 Å². The fourth-order valence-electron chi connectivity index (χ4n) is 3.00. The molecule has 2 heterocycles. The third-order valence-electron chi connectivity index (χ3n) is 4.10. The number of hydrogen-bond acceptors (Lipinski definition) is 2. The largest absolute Gasteiger partial charge is 0.401 e. The van der Waals surface area contributed by atoms with E-state index in [1.165, 1.54) is 4.90 Å². The molecule has 0 spiro atoms. The molecule has 1 aromatic carbocycles. The molecule has 0 aliphatic carbocycles. The third kappa shape index (κ3) is 4.04. The summed E-state index contributed by atoms with van der Waals surface area (Å²) in [7, 11) is 0. The molecule has 1 atom stereocenters. The number of likely N-dealkylation sites (tertiary alicyclic amines) is 1. The normalized spacial score (nSPS) is 19.3. The second kappa shape index (κ2) is 6.23. The van der Waals surface area contributed by atoms with Crippen molar-refractivity contribution >= 4 is 16.8 Å². The highest BCUT2D eigenvalue weighted by atomic mass is 19.4. The number of halogens is 3. The maximum absolute atomic E-state index is 12.4. The van der Waals surface area contributed by atoms with Crippen molar-refractivity contribution in [3.05, 3.63) is 36.0 Å². The van der Waals surface area contributed by atoms with Crippen LogP contribution in [0.3, 0.4) is 0 Å². The maximum atomic E-state index is 12.4. The van der Waals surface area contributed by atoms with Crippen molar-refractivity contribution in [2.75, 3.05) is 26.2 Å². The monoisotopic (exact) mass is 325 g/mol. The lowest BCUT2D eigenvalue weighted by molar-refractivity contribution is -0.143. The van der Waals surface area contributed by atoms with Crippen LogP contribution in [0.15, 0.2) is 30.3 Å². The minimum atomic E-state index is -4.16. The quantitative estimate of drug-likeness (QED) is 0.908. The summed E-state index contributed by atoms with van der Waals surface area (Å²) in [5.74, 6) is -0.166. The van der Waals surface area contributed by atoms with Crippen molar-refractivity contribution in [1.82, 2.24) is 15.2 Å². The highest BCUT2D eigenvalue weighted by Gasteiger charge is 2.34. The van der Waals surface area contributed by atoms with Crippen molar-refractivity contribution < 1.29 is 18.0 Å². The first-order valence-electron chi connectivity index (χ1n) is 7.56. The molecule has 1 unspecified atom stereocenters. The van der Waals surface area contributed by atoms with Gasteiger partial charge in [0.1, 0.15) is 5.69 Å². The molecule has 1 saturated heterocycles. The molecule has 1 fully saturated rings. The molecular weight excluding hydrogens is 307 g/mol. The molecule has 7 heteroatoms. The van der Waals surface area contributed by atoms with E-state index in [4.69, 9.17) is 0 Å². The summed E-state index contributed by atoms with van der Waals surface area (Å²) in [6, 6.07) is 9.35. The third-order valence-corrected chi connectivity index (χ3v) is 4.10. The summed E-state index contributed by atoms with van der Waals surface area (Å²) >= 11 is 0. The number of para-hydroxylation sites is 1. The number of alkyl halides is 3. The Morgan fingerprint density at radius 3 is 2.87 bits per heavy atom. The van der Waals surface area contributed by atoms with Crippen LogP contribution in [0.4, 0.5) is 13.2 Å². The maximum Gasteiger partial charge on any atom is 0.401 e. The predicted molar refractivity (Wildman–Crippen MR) is 81.2 cm³/mol. The van der Waals surface area contributed by atoms with E-state index in [-0.39, 0.29) is 11.8 Å². The van der Waals surface area contributed by atoms with Gasteiger partial charge in [0.25, 0.3) is 5.91 Å². The Balaban J connectivity index is 1.51. The summed E-state index contributed by atoms with van der Waals surface area (Å²) in [6.07, 6.45) is -3.49. The molecule has 4 nitrogen and oxygen atoms in total. The first-order valence-corrected chi connectivity index (χ1v) is 7.56. The lowest BCUT2D eigenvalue weighted by Gasteiger charge is -2.17. The second-order valence-corrected chi connectivity index (χ2v) is 5.99. The molecule has 124 valence electrons. The van der Waals surface area contributed by atoms with Crippen molar-refractivity contribution in [2.24, 2.45) is 5.92 Å². The molecule has 23 heavy (non-hydrogen) atoms. The molecule has 1 aliphatic heterocycles. The van der Waals surface area contributed by atoms with E-state index in [0.29, 0.717) is 31.7 Å². The van der Waals surface area contributed by atoms with Crippen LogP contribution in [0.5, 0.6) is 0 Å². The van der Waals surface area contributed by atoms with Crippen LogP contribution in [-0.2, 0) is 0 Å². The summed E-state index contributed by atoms with van der Waals surface area (Å²) in [6.45, 7) is 0.306. The number of rotatable bonds is 4. The molecule has 0 saturated carbocycles. The van der Waals surface area contributed by atoms with Gasteiger partial charge < -0.3 is 10.3 Å². The first-order chi connectivity index (χ1) is 10.9. The van der Waals surface area contributed by atoms with Crippen LogP contribution in [-0.4, -0.2) is 48.1 Å². The zero-order valence-corrected chi connectivity index (χ0v) is 12.5. The molecule has 1 aromatic heterocycles. The van der Waals surface area contributed by atoms with E-state index in [1.807, 2.05) is 24.3 Å². The number of benzene rings is 1. The zero-order valence-electron chi connectivity index (χ0n) is 12.5. The number of carbonyl (C=O) groups is 1. The van der Waals surface area contributed by atoms with E-state index >= 15 is 0 Å². The zero-order chi connectivity index (χ0) is 16.4. The van der Waals surface area contributed by atoms with Gasteiger partial charge in [0.05, 0.1) is 6.54 Å². The lowest BCUT2D eigenvalue weighted by atomic mass is 10.1. The fraction of sp³-hybridized carbons (Fsp3) is 0.438.